The molecule has 2 saturated heterocycles. The lowest BCUT2D eigenvalue weighted by Crippen LogP contribution is -2.38. The molecule has 0 unspecified atom stereocenters. The van der Waals surface area contributed by atoms with E-state index in [1.54, 1.807) is 0 Å². The molecule has 2 fully saturated rings. The maximum atomic E-state index is 12.5. The van der Waals surface area contributed by atoms with Gasteiger partial charge in [-0.3, -0.25) is 9.36 Å². The van der Waals surface area contributed by atoms with Crippen molar-refractivity contribution in [3.63, 3.8) is 0 Å². The fraction of sp³-hybridized carbons (Fsp3) is 0.591. The fourth-order valence-electron chi connectivity index (χ4n) is 4.07. The Labute approximate surface area is 188 Å². The molecule has 1 aromatic heterocycles. The first-order valence-electron chi connectivity index (χ1n) is 11.3. The average molecular weight is 445 g/mol. The van der Waals surface area contributed by atoms with Crippen LogP contribution < -0.4 is 15.1 Å². The Kier molecular flexibility index (Phi) is 7.69. The molecular weight excluding hydrogens is 412 g/mol. The summed E-state index contributed by atoms with van der Waals surface area (Å²) >= 11 is 1.42. The molecule has 31 heavy (non-hydrogen) atoms. The van der Waals surface area contributed by atoms with Crippen LogP contribution in [0, 0.1) is 0 Å². The van der Waals surface area contributed by atoms with Crippen LogP contribution in [-0.2, 0) is 16.1 Å². The summed E-state index contributed by atoms with van der Waals surface area (Å²) in [5.74, 6) is 1.12. The van der Waals surface area contributed by atoms with E-state index < -0.39 is 0 Å². The van der Waals surface area contributed by atoms with E-state index in [1.807, 2.05) is 12.1 Å². The Morgan fingerprint density at radius 1 is 1.00 bits per heavy atom. The highest BCUT2D eigenvalue weighted by Gasteiger charge is 2.20. The second kappa shape index (κ2) is 10.9. The number of nitrogens with one attached hydrogen (secondary N) is 1. The van der Waals surface area contributed by atoms with E-state index in [9.17, 15) is 4.79 Å². The summed E-state index contributed by atoms with van der Waals surface area (Å²) in [5, 5.41) is 12.5. The van der Waals surface area contributed by atoms with Crippen LogP contribution in [0.15, 0.2) is 29.4 Å². The van der Waals surface area contributed by atoms with Crippen molar-refractivity contribution < 1.29 is 9.53 Å². The van der Waals surface area contributed by atoms with Gasteiger partial charge >= 0.3 is 0 Å². The van der Waals surface area contributed by atoms with Gasteiger partial charge in [-0.25, -0.2) is 0 Å². The third kappa shape index (κ3) is 5.71. The van der Waals surface area contributed by atoms with Gasteiger partial charge in [0.15, 0.2) is 5.16 Å². The van der Waals surface area contributed by atoms with Crippen LogP contribution in [-0.4, -0.2) is 65.8 Å². The van der Waals surface area contributed by atoms with Gasteiger partial charge in [-0.2, -0.15) is 0 Å². The largest absolute Gasteiger partial charge is 0.378 e. The minimum Gasteiger partial charge on any atom is -0.378 e. The number of rotatable bonds is 7. The predicted octanol–water partition coefficient (Wildman–Crippen LogP) is 3.25. The highest BCUT2D eigenvalue weighted by molar-refractivity contribution is 7.99. The van der Waals surface area contributed by atoms with Crippen LogP contribution in [0.2, 0.25) is 0 Å². The SMILES string of the molecule is CCn1c(SCC(=O)Nc2ccc(N3CCCCCC3)cc2)nnc1N1CCOCC1. The molecule has 1 aromatic carbocycles. The van der Waals surface area contributed by atoms with Crippen LogP contribution in [0.4, 0.5) is 17.3 Å². The van der Waals surface area contributed by atoms with Gasteiger partial charge in [-0.1, -0.05) is 24.6 Å². The quantitative estimate of drug-likeness (QED) is 0.657. The number of nitrogens with zero attached hydrogens (tertiary/aromatic N) is 5. The zero-order valence-electron chi connectivity index (χ0n) is 18.3. The van der Waals surface area contributed by atoms with Crippen molar-refractivity contribution in [1.82, 2.24) is 14.8 Å². The Morgan fingerprint density at radius 3 is 2.39 bits per heavy atom. The van der Waals surface area contributed by atoms with Gasteiger partial charge < -0.3 is 19.9 Å². The molecule has 0 radical (unpaired) electrons. The van der Waals surface area contributed by atoms with E-state index in [0.29, 0.717) is 19.0 Å². The third-order valence-corrected chi connectivity index (χ3v) is 6.73. The lowest BCUT2D eigenvalue weighted by Gasteiger charge is -2.27. The molecule has 2 aliphatic heterocycles. The minimum absolute atomic E-state index is 0.0360. The molecule has 3 heterocycles. The Bertz CT molecular complexity index is 842. The van der Waals surface area contributed by atoms with Crippen molar-refractivity contribution in [2.75, 3.05) is 60.3 Å². The lowest BCUT2D eigenvalue weighted by molar-refractivity contribution is -0.113. The fourth-order valence-corrected chi connectivity index (χ4v) is 4.87. The summed E-state index contributed by atoms with van der Waals surface area (Å²) in [6.45, 7) is 8.12. The van der Waals surface area contributed by atoms with E-state index in [-0.39, 0.29) is 5.91 Å². The minimum atomic E-state index is -0.0360. The number of benzene rings is 1. The molecule has 1 N–H and O–H groups in total. The zero-order chi connectivity index (χ0) is 21.5. The number of carbonyl (C=O) groups is 1. The van der Waals surface area contributed by atoms with Gasteiger partial charge in [0.05, 0.1) is 19.0 Å². The number of aromatic nitrogens is 3. The number of amides is 1. The molecular formula is C22H32N6O2S. The molecule has 2 aromatic rings. The first-order chi connectivity index (χ1) is 15.2. The number of hydrogen-bond donors (Lipinski definition) is 1. The van der Waals surface area contributed by atoms with Gasteiger partial charge in [0.2, 0.25) is 11.9 Å². The van der Waals surface area contributed by atoms with Crippen LogP contribution in [0.5, 0.6) is 0 Å². The summed E-state index contributed by atoms with van der Waals surface area (Å²) in [6.07, 6.45) is 5.15. The van der Waals surface area contributed by atoms with E-state index in [0.717, 1.165) is 49.5 Å². The number of morpholine rings is 1. The molecule has 0 saturated carbocycles. The molecule has 0 bridgehead atoms. The smallest absolute Gasteiger partial charge is 0.234 e. The van der Waals surface area contributed by atoms with E-state index in [1.165, 1.54) is 43.1 Å². The van der Waals surface area contributed by atoms with Crippen molar-refractivity contribution in [2.24, 2.45) is 0 Å². The molecule has 4 rings (SSSR count). The summed E-state index contributed by atoms with van der Waals surface area (Å²) in [6, 6.07) is 8.20. The van der Waals surface area contributed by atoms with E-state index in [4.69, 9.17) is 4.74 Å². The Balaban J connectivity index is 1.30. The van der Waals surface area contributed by atoms with Crippen molar-refractivity contribution in [3.05, 3.63) is 24.3 Å². The van der Waals surface area contributed by atoms with Crippen molar-refractivity contribution >= 4 is 35.0 Å². The normalized spacial score (nSPS) is 17.5. The number of thioether (sulfide) groups is 1. The summed E-state index contributed by atoms with van der Waals surface area (Å²) in [5.41, 5.74) is 2.07. The molecule has 168 valence electrons. The first kappa shape index (κ1) is 22.0. The number of ether oxygens (including phenoxy) is 1. The summed E-state index contributed by atoms with van der Waals surface area (Å²) < 4.78 is 7.49. The number of hydrogen-bond acceptors (Lipinski definition) is 7. The van der Waals surface area contributed by atoms with Crippen molar-refractivity contribution in [3.8, 4) is 0 Å². The summed E-state index contributed by atoms with van der Waals surface area (Å²) in [4.78, 5) is 17.1. The maximum absolute atomic E-state index is 12.5. The first-order valence-corrected chi connectivity index (χ1v) is 12.3. The van der Waals surface area contributed by atoms with Gasteiger partial charge in [-0.15, -0.1) is 10.2 Å². The van der Waals surface area contributed by atoms with Crippen molar-refractivity contribution in [2.45, 2.75) is 44.3 Å². The average Bonchev–Trinajstić information content (AvgIpc) is 3.02. The molecule has 1 amide bonds. The zero-order valence-corrected chi connectivity index (χ0v) is 19.1. The molecule has 0 atom stereocenters. The third-order valence-electron chi connectivity index (χ3n) is 5.76. The van der Waals surface area contributed by atoms with Crippen molar-refractivity contribution in [1.29, 1.82) is 0 Å². The summed E-state index contributed by atoms with van der Waals surface area (Å²) in [7, 11) is 0. The number of carbonyl (C=O) groups excluding carboxylic acids is 1. The van der Waals surface area contributed by atoms with Gasteiger partial charge in [-0.05, 0) is 44.0 Å². The molecule has 8 nitrogen and oxygen atoms in total. The van der Waals surface area contributed by atoms with Crippen LogP contribution in [0.3, 0.4) is 0 Å². The molecule has 2 aliphatic rings. The van der Waals surface area contributed by atoms with Crippen LogP contribution in [0.25, 0.3) is 0 Å². The van der Waals surface area contributed by atoms with Gasteiger partial charge in [0, 0.05) is 44.1 Å². The number of anilines is 3. The highest BCUT2D eigenvalue weighted by Crippen LogP contribution is 2.24. The van der Waals surface area contributed by atoms with E-state index in [2.05, 4.69) is 48.9 Å². The predicted molar refractivity (Wildman–Crippen MR) is 125 cm³/mol. The Hall–Kier alpha value is -2.26. The lowest BCUT2D eigenvalue weighted by atomic mass is 10.2. The monoisotopic (exact) mass is 444 g/mol. The molecule has 0 aliphatic carbocycles. The standard InChI is InChI=1S/C22H32N6O2S/c1-2-28-21(27-13-15-30-16-14-27)24-25-22(28)31-17-20(29)23-18-7-9-19(10-8-18)26-11-5-3-4-6-12-26/h7-10H,2-6,11-17H2,1H3,(H,23,29). The molecule has 9 heteroatoms. The maximum Gasteiger partial charge on any atom is 0.234 e. The highest BCUT2D eigenvalue weighted by atomic mass is 32.2. The van der Waals surface area contributed by atoms with E-state index >= 15 is 0 Å². The molecule has 0 spiro atoms. The Morgan fingerprint density at radius 2 is 1.71 bits per heavy atom. The van der Waals surface area contributed by atoms with Crippen LogP contribution in [0.1, 0.15) is 32.6 Å². The second-order valence-corrected chi connectivity index (χ2v) is 8.85. The van der Waals surface area contributed by atoms with Gasteiger partial charge in [0.1, 0.15) is 0 Å². The second-order valence-electron chi connectivity index (χ2n) is 7.91. The van der Waals surface area contributed by atoms with Gasteiger partial charge in [0.25, 0.3) is 0 Å². The topological polar surface area (TPSA) is 75.5 Å². The van der Waals surface area contributed by atoms with Crippen LogP contribution >= 0.6 is 11.8 Å².